The van der Waals surface area contributed by atoms with Crippen LogP contribution in [0.15, 0.2) is 97.2 Å². The molecular formula is C66H112O6. The normalized spacial score (nSPS) is 12.8. The highest BCUT2D eigenvalue weighted by atomic mass is 16.6. The minimum atomic E-state index is -0.811. The first-order valence-electron chi connectivity index (χ1n) is 30.2. The van der Waals surface area contributed by atoms with Crippen molar-refractivity contribution < 1.29 is 28.6 Å². The summed E-state index contributed by atoms with van der Waals surface area (Å²) in [6.07, 6.45) is 79.9. The average molecular weight is 1000 g/mol. The molecule has 0 spiro atoms. The van der Waals surface area contributed by atoms with Crippen LogP contribution in [0.25, 0.3) is 0 Å². The molecule has 0 aromatic carbocycles. The minimum absolute atomic E-state index is 0.103. The van der Waals surface area contributed by atoms with Gasteiger partial charge in [-0.05, 0) is 116 Å². The van der Waals surface area contributed by atoms with Crippen LogP contribution in [-0.4, -0.2) is 37.2 Å². The van der Waals surface area contributed by atoms with Crippen molar-refractivity contribution in [3.63, 3.8) is 0 Å². The van der Waals surface area contributed by atoms with E-state index in [1.807, 2.05) is 0 Å². The molecule has 0 heterocycles. The van der Waals surface area contributed by atoms with E-state index in [1.165, 1.54) is 141 Å². The van der Waals surface area contributed by atoms with E-state index in [0.717, 1.165) is 96.3 Å². The third-order valence-electron chi connectivity index (χ3n) is 12.8. The summed E-state index contributed by atoms with van der Waals surface area (Å²) < 4.78 is 16.8. The van der Waals surface area contributed by atoms with E-state index in [0.29, 0.717) is 19.3 Å². The third-order valence-corrected chi connectivity index (χ3v) is 12.8. The van der Waals surface area contributed by atoms with Gasteiger partial charge in [0.05, 0.1) is 0 Å². The highest BCUT2D eigenvalue weighted by Gasteiger charge is 2.19. The molecule has 0 aromatic heterocycles. The first kappa shape index (κ1) is 68.3. The van der Waals surface area contributed by atoms with E-state index in [2.05, 4.69) is 118 Å². The molecule has 0 saturated heterocycles. The second kappa shape index (κ2) is 59.9. The van der Waals surface area contributed by atoms with Gasteiger partial charge in [0.2, 0.25) is 0 Å². The Labute approximate surface area is 445 Å². The van der Waals surface area contributed by atoms with Crippen LogP contribution < -0.4 is 0 Å². The van der Waals surface area contributed by atoms with Crippen LogP contribution in [0.1, 0.15) is 284 Å². The molecule has 6 heteroatoms. The quantitative estimate of drug-likeness (QED) is 0.0261. The highest BCUT2D eigenvalue weighted by molar-refractivity contribution is 5.71. The maximum atomic E-state index is 12.8. The molecule has 0 rings (SSSR count). The zero-order valence-electron chi connectivity index (χ0n) is 47.2. The Morgan fingerprint density at radius 2 is 0.556 bits per heavy atom. The van der Waals surface area contributed by atoms with Crippen LogP contribution in [0, 0.1) is 0 Å². The van der Waals surface area contributed by atoms with Gasteiger partial charge in [0, 0.05) is 19.3 Å². The van der Waals surface area contributed by atoms with Crippen LogP contribution in [0.2, 0.25) is 0 Å². The summed E-state index contributed by atoms with van der Waals surface area (Å²) in [5, 5.41) is 0. The molecule has 0 aliphatic rings. The summed E-state index contributed by atoms with van der Waals surface area (Å²) in [6.45, 7) is 6.45. The lowest BCUT2D eigenvalue weighted by atomic mass is 10.0. The number of unbranched alkanes of at least 4 members (excludes halogenated alkanes) is 27. The number of hydrogen-bond acceptors (Lipinski definition) is 6. The molecule has 0 aliphatic carbocycles. The van der Waals surface area contributed by atoms with Crippen molar-refractivity contribution >= 4 is 17.9 Å². The van der Waals surface area contributed by atoms with Gasteiger partial charge in [-0.2, -0.15) is 0 Å². The molecule has 1 atom stereocenters. The molecular weight excluding hydrogens is 889 g/mol. The number of carbonyl (C=O) groups excluding carboxylic acids is 3. The van der Waals surface area contributed by atoms with Crippen molar-refractivity contribution in [2.75, 3.05) is 13.2 Å². The van der Waals surface area contributed by atoms with Crippen LogP contribution in [0.5, 0.6) is 0 Å². The predicted molar refractivity (Wildman–Crippen MR) is 311 cm³/mol. The SMILES string of the molecule is CC/C=C\C/C=C\C/C=C\C/C=C\C/C=C\CCCC(=O)OC(COC(=O)CCCCCCC/C=C\CCCCC)COC(=O)CCCCCCCCCCCCCCC/C=C\C/C=C\CCCCCCC. The number of allylic oxidation sites excluding steroid dienone is 16. The van der Waals surface area contributed by atoms with Crippen LogP contribution in [0.4, 0.5) is 0 Å². The Bertz CT molecular complexity index is 1430. The zero-order chi connectivity index (χ0) is 52.2. The van der Waals surface area contributed by atoms with Crippen molar-refractivity contribution in [2.45, 2.75) is 290 Å². The number of esters is 3. The van der Waals surface area contributed by atoms with Gasteiger partial charge in [0.1, 0.15) is 13.2 Å². The van der Waals surface area contributed by atoms with Crippen LogP contribution in [0.3, 0.4) is 0 Å². The molecule has 0 radical (unpaired) electrons. The van der Waals surface area contributed by atoms with Gasteiger partial charge < -0.3 is 14.2 Å². The standard InChI is InChI=1S/C66H112O6/c1-4-7-10-13-16-19-22-25-27-29-30-31-32-33-34-35-36-38-39-41-44-47-50-53-56-59-65(68)71-62-63(61-70-64(67)58-55-52-49-46-43-24-21-18-15-12-9-6-3)72-66(69)60-57-54-51-48-45-42-40-37-28-26-23-20-17-14-11-8-5-2/h8,11,17-18,20-22,25-26,28-30,40,42,48,51,63H,4-7,9-10,12-16,19,23-24,27,31-39,41,43-47,49-50,52-62H2,1-3H3/b11-8-,20-17-,21-18-,25-22-,28-26-,30-29-,42-40-,51-48-. The molecule has 0 saturated carbocycles. The van der Waals surface area contributed by atoms with Gasteiger partial charge in [-0.25, -0.2) is 0 Å². The van der Waals surface area contributed by atoms with Crippen molar-refractivity contribution in [1.29, 1.82) is 0 Å². The van der Waals surface area contributed by atoms with Crippen molar-refractivity contribution in [1.82, 2.24) is 0 Å². The molecule has 0 N–H and O–H groups in total. The number of rotatable bonds is 54. The van der Waals surface area contributed by atoms with E-state index in [9.17, 15) is 14.4 Å². The van der Waals surface area contributed by atoms with E-state index in [1.54, 1.807) is 0 Å². The van der Waals surface area contributed by atoms with Gasteiger partial charge in [-0.15, -0.1) is 0 Å². The molecule has 412 valence electrons. The fraction of sp³-hybridized carbons (Fsp3) is 0.712. The highest BCUT2D eigenvalue weighted by Crippen LogP contribution is 2.15. The fourth-order valence-electron chi connectivity index (χ4n) is 8.27. The fourth-order valence-corrected chi connectivity index (χ4v) is 8.27. The van der Waals surface area contributed by atoms with Crippen molar-refractivity contribution in [3.8, 4) is 0 Å². The van der Waals surface area contributed by atoms with Gasteiger partial charge in [-0.1, -0.05) is 246 Å². The lowest BCUT2D eigenvalue weighted by Gasteiger charge is -2.18. The van der Waals surface area contributed by atoms with Gasteiger partial charge in [0.15, 0.2) is 6.10 Å². The molecule has 6 nitrogen and oxygen atoms in total. The van der Waals surface area contributed by atoms with Crippen molar-refractivity contribution in [3.05, 3.63) is 97.2 Å². The monoisotopic (exact) mass is 1000 g/mol. The second-order valence-electron chi connectivity index (χ2n) is 19.9. The number of carbonyl (C=O) groups is 3. The van der Waals surface area contributed by atoms with E-state index < -0.39 is 6.10 Å². The topological polar surface area (TPSA) is 78.9 Å². The Hall–Kier alpha value is -3.67. The van der Waals surface area contributed by atoms with Gasteiger partial charge in [-0.3, -0.25) is 14.4 Å². The smallest absolute Gasteiger partial charge is 0.306 e. The average Bonchev–Trinajstić information content (AvgIpc) is 3.38. The first-order valence-corrected chi connectivity index (χ1v) is 30.2. The molecule has 1 unspecified atom stereocenters. The lowest BCUT2D eigenvalue weighted by molar-refractivity contribution is -0.167. The third kappa shape index (κ3) is 57.2. The Morgan fingerprint density at radius 1 is 0.292 bits per heavy atom. The number of ether oxygens (including phenoxy) is 3. The Kier molecular flexibility index (Phi) is 56.8. The minimum Gasteiger partial charge on any atom is -0.462 e. The maximum absolute atomic E-state index is 12.8. The number of hydrogen-bond donors (Lipinski definition) is 0. The Balaban J connectivity index is 4.35. The second-order valence-corrected chi connectivity index (χ2v) is 19.9. The zero-order valence-corrected chi connectivity index (χ0v) is 47.2. The van der Waals surface area contributed by atoms with Crippen LogP contribution >= 0.6 is 0 Å². The maximum Gasteiger partial charge on any atom is 0.306 e. The van der Waals surface area contributed by atoms with E-state index in [4.69, 9.17) is 14.2 Å². The molecule has 72 heavy (non-hydrogen) atoms. The summed E-state index contributed by atoms with van der Waals surface area (Å²) in [4.78, 5) is 38.1. The van der Waals surface area contributed by atoms with Gasteiger partial charge >= 0.3 is 17.9 Å². The molecule has 0 aliphatic heterocycles. The first-order chi connectivity index (χ1) is 35.5. The van der Waals surface area contributed by atoms with E-state index in [-0.39, 0.29) is 37.5 Å². The summed E-state index contributed by atoms with van der Waals surface area (Å²) in [5.41, 5.74) is 0. The van der Waals surface area contributed by atoms with Gasteiger partial charge in [0.25, 0.3) is 0 Å². The molecule has 0 fully saturated rings. The summed E-state index contributed by atoms with van der Waals surface area (Å²) in [7, 11) is 0. The largest absolute Gasteiger partial charge is 0.462 e. The van der Waals surface area contributed by atoms with Crippen molar-refractivity contribution in [2.24, 2.45) is 0 Å². The molecule has 0 bridgehead atoms. The summed E-state index contributed by atoms with van der Waals surface area (Å²) in [5.74, 6) is -0.968. The molecule has 0 aromatic rings. The van der Waals surface area contributed by atoms with E-state index >= 15 is 0 Å². The predicted octanol–water partition coefficient (Wildman–Crippen LogP) is 20.5. The summed E-state index contributed by atoms with van der Waals surface area (Å²) in [6, 6.07) is 0. The summed E-state index contributed by atoms with van der Waals surface area (Å²) >= 11 is 0. The molecule has 0 amide bonds. The Morgan fingerprint density at radius 3 is 0.931 bits per heavy atom. The van der Waals surface area contributed by atoms with Crippen LogP contribution in [-0.2, 0) is 28.6 Å². The lowest BCUT2D eigenvalue weighted by Crippen LogP contribution is -2.30.